The molecule has 4 rings (SSSR count). The molecule has 2 aromatic rings. The summed E-state index contributed by atoms with van der Waals surface area (Å²) >= 11 is 1.50. The zero-order chi connectivity index (χ0) is 21.5. The second-order valence-corrected chi connectivity index (χ2v) is 8.15. The lowest BCUT2D eigenvalue weighted by molar-refractivity contribution is 0.0342. The molecule has 0 radical (unpaired) electrons. The Labute approximate surface area is 186 Å². The van der Waals surface area contributed by atoms with E-state index in [-0.39, 0.29) is 6.01 Å². The molecule has 0 saturated carbocycles. The van der Waals surface area contributed by atoms with E-state index in [2.05, 4.69) is 57.4 Å². The van der Waals surface area contributed by atoms with Gasteiger partial charge in [0.05, 0.1) is 23.9 Å². The molecule has 0 aliphatic carbocycles. The molecule has 7 nitrogen and oxygen atoms in total. The number of allylic oxidation sites excluding steroid dienone is 2. The first-order chi connectivity index (χ1) is 15.2. The highest BCUT2D eigenvalue weighted by molar-refractivity contribution is 8.06. The number of ether oxygens (including phenoxy) is 2. The lowest BCUT2D eigenvalue weighted by Crippen LogP contribution is -2.35. The van der Waals surface area contributed by atoms with Crippen LogP contribution in [0.5, 0.6) is 6.01 Å². The fourth-order valence-electron chi connectivity index (χ4n) is 3.31. The van der Waals surface area contributed by atoms with E-state index in [1.165, 1.54) is 17.3 Å². The fourth-order valence-corrected chi connectivity index (χ4v) is 4.25. The molecule has 0 amide bonds. The lowest BCUT2D eigenvalue weighted by atomic mass is 10.1. The van der Waals surface area contributed by atoms with Crippen molar-refractivity contribution in [2.24, 2.45) is 0 Å². The minimum atomic E-state index is 0.259. The van der Waals surface area contributed by atoms with E-state index in [0.29, 0.717) is 17.9 Å². The number of thioether (sulfide) groups is 1. The van der Waals surface area contributed by atoms with Crippen LogP contribution >= 0.6 is 11.8 Å². The van der Waals surface area contributed by atoms with Gasteiger partial charge < -0.3 is 14.8 Å². The molecule has 2 aliphatic heterocycles. The Kier molecular flexibility index (Phi) is 7.20. The van der Waals surface area contributed by atoms with Gasteiger partial charge in [-0.25, -0.2) is 4.98 Å². The van der Waals surface area contributed by atoms with Crippen LogP contribution in [0, 0.1) is 11.3 Å². The van der Waals surface area contributed by atoms with Crippen LogP contribution in [-0.4, -0.2) is 41.2 Å². The summed E-state index contributed by atoms with van der Waals surface area (Å²) in [5.74, 6) is 0. The fraction of sp³-hybridized carbons (Fsp3) is 0.348. The number of hydrogen-bond acceptors (Lipinski definition) is 8. The minimum Gasteiger partial charge on any atom is -0.459 e. The van der Waals surface area contributed by atoms with E-state index in [4.69, 9.17) is 9.47 Å². The molecule has 0 bridgehead atoms. The van der Waals surface area contributed by atoms with Crippen LogP contribution in [0.2, 0.25) is 0 Å². The summed E-state index contributed by atoms with van der Waals surface area (Å²) in [6.45, 7) is 6.93. The number of nitrogens with zero attached hydrogens (tertiary/aromatic N) is 4. The van der Waals surface area contributed by atoms with Gasteiger partial charge in [0.15, 0.2) is 0 Å². The molecule has 1 aromatic heterocycles. The number of aromatic nitrogens is 2. The van der Waals surface area contributed by atoms with Crippen molar-refractivity contribution in [3.05, 3.63) is 69.5 Å². The van der Waals surface area contributed by atoms with Crippen LogP contribution in [0.3, 0.4) is 0 Å². The molecule has 160 valence electrons. The summed E-state index contributed by atoms with van der Waals surface area (Å²) in [4.78, 5) is 11.0. The molecule has 3 heterocycles. The van der Waals surface area contributed by atoms with E-state index in [9.17, 15) is 5.26 Å². The van der Waals surface area contributed by atoms with E-state index in [0.717, 1.165) is 55.6 Å². The Balaban J connectivity index is 1.37. The van der Waals surface area contributed by atoms with Gasteiger partial charge in [0.2, 0.25) is 0 Å². The number of nitrogens with one attached hydrogen (secondary N) is 1. The third-order valence-corrected chi connectivity index (χ3v) is 6.05. The molecule has 1 saturated heterocycles. The summed E-state index contributed by atoms with van der Waals surface area (Å²) < 4.78 is 11.2. The second kappa shape index (κ2) is 10.4. The molecule has 1 aromatic carbocycles. The molecule has 8 heteroatoms. The molecule has 0 spiro atoms. The molecular weight excluding hydrogens is 410 g/mol. The predicted molar refractivity (Wildman–Crippen MR) is 121 cm³/mol. The molecule has 31 heavy (non-hydrogen) atoms. The Hall–Kier alpha value is -2.86. The quantitative estimate of drug-likeness (QED) is 0.660. The van der Waals surface area contributed by atoms with Crippen molar-refractivity contribution in [3.63, 3.8) is 0 Å². The van der Waals surface area contributed by atoms with Crippen molar-refractivity contribution in [2.75, 3.05) is 26.3 Å². The highest BCUT2D eigenvalue weighted by atomic mass is 32.2. The minimum absolute atomic E-state index is 0.259. The summed E-state index contributed by atoms with van der Waals surface area (Å²) in [6.07, 6.45) is 2.51. The van der Waals surface area contributed by atoms with Crippen molar-refractivity contribution in [1.82, 2.24) is 20.2 Å². The van der Waals surface area contributed by atoms with E-state index in [1.54, 1.807) is 12.3 Å². The number of hydrogen-bond donors (Lipinski definition) is 1. The van der Waals surface area contributed by atoms with Crippen LogP contribution in [0.15, 0.2) is 52.7 Å². The highest BCUT2D eigenvalue weighted by Crippen LogP contribution is 2.32. The number of morpholine rings is 1. The van der Waals surface area contributed by atoms with Gasteiger partial charge in [-0.1, -0.05) is 43.0 Å². The Morgan fingerprint density at radius 3 is 2.71 bits per heavy atom. The van der Waals surface area contributed by atoms with Gasteiger partial charge in [0, 0.05) is 31.5 Å². The Morgan fingerprint density at radius 2 is 2.00 bits per heavy atom. The monoisotopic (exact) mass is 435 g/mol. The zero-order valence-corrected chi connectivity index (χ0v) is 18.3. The predicted octanol–water partition coefficient (Wildman–Crippen LogP) is 3.67. The molecule has 1 fully saturated rings. The third-order valence-electron chi connectivity index (χ3n) is 5.10. The van der Waals surface area contributed by atoms with Crippen LogP contribution < -0.4 is 10.1 Å². The lowest BCUT2D eigenvalue weighted by Gasteiger charge is -2.26. The molecule has 0 atom stereocenters. The average molecular weight is 436 g/mol. The topological polar surface area (TPSA) is 83.3 Å². The summed E-state index contributed by atoms with van der Waals surface area (Å²) in [6, 6.07) is 12.6. The van der Waals surface area contributed by atoms with E-state index in [1.807, 2.05) is 5.41 Å². The maximum Gasteiger partial charge on any atom is 0.317 e. The van der Waals surface area contributed by atoms with Gasteiger partial charge >= 0.3 is 6.01 Å². The van der Waals surface area contributed by atoms with Gasteiger partial charge in [-0.2, -0.15) is 10.2 Å². The first-order valence-electron chi connectivity index (χ1n) is 10.4. The molecule has 0 unspecified atom stereocenters. The average Bonchev–Trinajstić information content (AvgIpc) is 3.29. The number of benzene rings is 1. The molecule has 1 N–H and O–H groups in total. The van der Waals surface area contributed by atoms with Gasteiger partial charge in [0.1, 0.15) is 18.2 Å². The van der Waals surface area contributed by atoms with Crippen molar-refractivity contribution in [2.45, 2.75) is 26.5 Å². The summed E-state index contributed by atoms with van der Waals surface area (Å²) in [5, 5.41) is 15.7. The first kappa shape index (κ1) is 21.4. The van der Waals surface area contributed by atoms with E-state index < -0.39 is 0 Å². The number of rotatable bonds is 7. The van der Waals surface area contributed by atoms with Gasteiger partial charge in [-0.05, 0) is 29.0 Å². The second-order valence-electron chi connectivity index (χ2n) is 7.27. The summed E-state index contributed by atoms with van der Waals surface area (Å²) in [5.41, 5.74) is 4.45. The van der Waals surface area contributed by atoms with Gasteiger partial charge in [-0.3, -0.25) is 4.90 Å². The number of nitriles is 1. The summed E-state index contributed by atoms with van der Waals surface area (Å²) in [7, 11) is 0. The first-order valence-corrected chi connectivity index (χ1v) is 11.2. The van der Waals surface area contributed by atoms with Crippen LogP contribution in [0.25, 0.3) is 5.57 Å². The largest absolute Gasteiger partial charge is 0.459 e. The van der Waals surface area contributed by atoms with Crippen molar-refractivity contribution >= 4 is 17.3 Å². The normalized spacial score (nSPS) is 18.1. The van der Waals surface area contributed by atoms with Crippen LogP contribution in [0.1, 0.15) is 30.2 Å². The smallest absolute Gasteiger partial charge is 0.317 e. The van der Waals surface area contributed by atoms with Crippen LogP contribution in [-0.2, 0) is 17.9 Å². The third kappa shape index (κ3) is 5.64. The van der Waals surface area contributed by atoms with Gasteiger partial charge in [0.25, 0.3) is 0 Å². The SMILES string of the molecule is CCC1=CS/C(=C(\C#N)c2ccnc(OCc3ccc(CN4CCOCC4)cc3)n2)N1. The zero-order valence-electron chi connectivity index (χ0n) is 17.5. The van der Waals surface area contributed by atoms with Crippen molar-refractivity contribution in [3.8, 4) is 12.1 Å². The standard InChI is InChI=1S/C23H25N5O2S/c1-2-19-16-31-22(26-19)20(13-24)21-7-8-25-23(27-21)30-15-18-5-3-17(4-6-18)14-28-9-11-29-12-10-28/h3-8,16,26H,2,9-12,14-15H2,1H3/b22-20+. The van der Waals surface area contributed by atoms with Gasteiger partial charge in [-0.15, -0.1) is 0 Å². The van der Waals surface area contributed by atoms with Crippen molar-refractivity contribution in [1.29, 1.82) is 5.26 Å². The Morgan fingerprint density at radius 1 is 1.23 bits per heavy atom. The van der Waals surface area contributed by atoms with Crippen molar-refractivity contribution < 1.29 is 9.47 Å². The maximum atomic E-state index is 9.65. The van der Waals surface area contributed by atoms with E-state index >= 15 is 0 Å². The molecular formula is C23H25N5O2S. The highest BCUT2D eigenvalue weighted by Gasteiger charge is 2.17. The van der Waals surface area contributed by atoms with Crippen LogP contribution in [0.4, 0.5) is 0 Å². The molecule has 2 aliphatic rings. The Bertz CT molecular complexity index is 1010. The maximum absolute atomic E-state index is 9.65.